The largest absolute Gasteiger partial charge is 0.481 e. The number of hydrogen-bond acceptors (Lipinski definition) is 4. The number of unbranched alkanes of at least 4 members (excludes halogenated alkanes) is 1. The van der Waals surface area contributed by atoms with Crippen molar-refractivity contribution in [2.24, 2.45) is 0 Å². The molecule has 1 aliphatic carbocycles. The van der Waals surface area contributed by atoms with Gasteiger partial charge in [0.15, 0.2) is 0 Å². The third-order valence-electron chi connectivity index (χ3n) is 6.10. The van der Waals surface area contributed by atoms with Gasteiger partial charge in [-0.15, -0.1) is 0 Å². The molecule has 0 fully saturated rings. The summed E-state index contributed by atoms with van der Waals surface area (Å²) < 4.78 is 5.57. The van der Waals surface area contributed by atoms with E-state index in [0.717, 1.165) is 22.3 Å². The Hall–Kier alpha value is -3.35. The third kappa shape index (κ3) is 5.92. The number of alkyl carbamates (subject to hydrolysis) is 1. The average Bonchev–Trinajstić information content (AvgIpc) is 3.14. The van der Waals surface area contributed by atoms with E-state index in [1.165, 1.54) is 0 Å². The summed E-state index contributed by atoms with van der Waals surface area (Å²) in [4.78, 5) is 37.8. The highest BCUT2D eigenvalue weighted by atomic mass is 16.5. The number of rotatable bonds is 11. The molecule has 2 amide bonds. The van der Waals surface area contributed by atoms with Gasteiger partial charge in [0.25, 0.3) is 0 Å². The van der Waals surface area contributed by atoms with E-state index in [-0.39, 0.29) is 24.9 Å². The van der Waals surface area contributed by atoms with E-state index in [2.05, 4.69) is 29.6 Å². The van der Waals surface area contributed by atoms with Crippen LogP contribution in [0.4, 0.5) is 4.79 Å². The molecule has 7 heteroatoms. The number of carbonyl (C=O) groups is 3. The summed E-state index contributed by atoms with van der Waals surface area (Å²) >= 11 is 0. The van der Waals surface area contributed by atoms with Gasteiger partial charge in [-0.2, -0.15) is 0 Å². The molecule has 0 aromatic heterocycles. The van der Waals surface area contributed by atoms with Crippen LogP contribution in [0.3, 0.4) is 0 Å². The van der Waals surface area contributed by atoms with Gasteiger partial charge in [0.1, 0.15) is 12.6 Å². The Morgan fingerprint density at radius 2 is 1.61 bits per heavy atom. The van der Waals surface area contributed by atoms with Gasteiger partial charge in [0.2, 0.25) is 5.91 Å². The lowest BCUT2D eigenvalue weighted by Gasteiger charge is -2.26. The van der Waals surface area contributed by atoms with Crippen LogP contribution in [0.15, 0.2) is 48.5 Å². The number of nitrogens with zero attached hydrogens (tertiary/aromatic N) is 1. The Kier molecular flexibility index (Phi) is 8.46. The number of aliphatic carboxylic acids is 1. The van der Waals surface area contributed by atoms with E-state index in [4.69, 9.17) is 9.84 Å². The van der Waals surface area contributed by atoms with Crippen molar-refractivity contribution in [2.75, 3.05) is 19.7 Å². The molecule has 0 unspecified atom stereocenters. The maximum Gasteiger partial charge on any atom is 0.407 e. The van der Waals surface area contributed by atoms with Gasteiger partial charge in [-0.1, -0.05) is 55.5 Å². The number of nitrogens with one attached hydrogen (secondary N) is 1. The summed E-state index contributed by atoms with van der Waals surface area (Å²) in [6, 6.07) is 15.6. The third-order valence-corrected chi connectivity index (χ3v) is 6.10. The zero-order valence-electron chi connectivity index (χ0n) is 19.3. The van der Waals surface area contributed by atoms with Crippen molar-refractivity contribution in [2.45, 2.75) is 51.5 Å². The second-order valence-electron chi connectivity index (χ2n) is 8.20. The molecule has 7 nitrogen and oxygen atoms in total. The van der Waals surface area contributed by atoms with Crippen LogP contribution in [0.1, 0.15) is 56.6 Å². The van der Waals surface area contributed by atoms with Crippen molar-refractivity contribution in [1.82, 2.24) is 10.2 Å². The fourth-order valence-electron chi connectivity index (χ4n) is 4.34. The molecule has 3 rings (SSSR count). The SMILES string of the molecule is CC[C@H](NC(=O)OCC1c2ccccc2-c2ccccc21)C(=O)N(CC)CCCCC(=O)O. The molecular weight excluding hydrogens is 420 g/mol. The fourth-order valence-corrected chi connectivity index (χ4v) is 4.34. The summed E-state index contributed by atoms with van der Waals surface area (Å²) in [5, 5.41) is 11.5. The van der Waals surface area contributed by atoms with Crippen molar-refractivity contribution < 1.29 is 24.2 Å². The van der Waals surface area contributed by atoms with E-state index in [1.807, 2.05) is 38.1 Å². The molecule has 176 valence electrons. The molecule has 0 aliphatic heterocycles. The number of hydrogen-bond donors (Lipinski definition) is 2. The minimum atomic E-state index is -0.840. The van der Waals surface area contributed by atoms with E-state index in [0.29, 0.717) is 32.4 Å². The zero-order valence-corrected chi connectivity index (χ0v) is 19.3. The Morgan fingerprint density at radius 1 is 1.00 bits per heavy atom. The number of carbonyl (C=O) groups excluding carboxylic acids is 2. The Labute approximate surface area is 194 Å². The Bertz CT molecular complexity index is 945. The molecule has 1 atom stereocenters. The molecule has 0 bridgehead atoms. The lowest BCUT2D eigenvalue weighted by atomic mass is 9.98. The van der Waals surface area contributed by atoms with E-state index in [1.54, 1.807) is 4.90 Å². The first-order valence-corrected chi connectivity index (χ1v) is 11.6. The van der Waals surface area contributed by atoms with E-state index >= 15 is 0 Å². The van der Waals surface area contributed by atoms with Gasteiger partial charge < -0.3 is 20.1 Å². The summed E-state index contributed by atoms with van der Waals surface area (Å²) in [7, 11) is 0. The van der Waals surface area contributed by atoms with Gasteiger partial charge in [-0.25, -0.2) is 4.79 Å². The van der Waals surface area contributed by atoms with E-state index < -0.39 is 18.1 Å². The van der Waals surface area contributed by atoms with Crippen LogP contribution in [0.2, 0.25) is 0 Å². The molecule has 0 heterocycles. The van der Waals surface area contributed by atoms with Gasteiger partial charge in [-0.3, -0.25) is 9.59 Å². The van der Waals surface area contributed by atoms with Crippen LogP contribution >= 0.6 is 0 Å². The minimum Gasteiger partial charge on any atom is -0.481 e. The van der Waals surface area contributed by atoms with Gasteiger partial charge in [-0.05, 0) is 48.4 Å². The first kappa shape index (κ1) is 24.3. The summed E-state index contributed by atoms with van der Waals surface area (Å²) in [6.45, 7) is 4.86. The molecule has 2 aromatic rings. The number of likely N-dealkylation sites (N-methyl/N-ethyl adjacent to an activating group) is 1. The van der Waals surface area contributed by atoms with Crippen LogP contribution in [0, 0.1) is 0 Å². The molecule has 0 radical (unpaired) electrons. The van der Waals surface area contributed by atoms with E-state index in [9.17, 15) is 14.4 Å². The molecule has 0 spiro atoms. The van der Waals surface area contributed by atoms with Crippen molar-refractivity contribution in [3.05, 3.63) is 59.7 Å². The minimum absolute atomic E-state index is 0.0414. The van der Waals surface area contributed by atoms with Gasteiger partial charge >= 0.3 is 12.1 Å². The average molecular weight is 453 g/mol. The van der Waals surface area contributed by atoms with Crippen molar-refractivity contribution >= 4 is 18.0 Å². The first-order valence-electron chi connectivity index (χ1n) is 11.6. The first-order chi connectivity index (χ1) is 16.0. The maximum atomic E-state index is 12.9. The monoisotopic (exact) mass is 452 g/mol. The fraction of sp³-hybridized carbons (Fsp3) is 0.423. The van der Waals surface area contributed by atoms with Crippen LogP contribution < -0.4 is 5.32 Å². The number of carboxylic acids is 1. The van der Waals surface area contributed by atoms with Crippen molar-refractivity contribution in [3.8, 4) is 11.1 Å². The van der Waals surface area contributed by atoms with Gasteiger partial charge in [0.05, 0.1) is 0 Å². The topological polar surface area (TPSA) is 95.9 Å². The molecule has 0 saturated carbocycles. The molecular formula is C26H32N2O5. The quantitative estimate of drug-likeness (QED) is 0.493. The number of fused-ring (bicyclic) bond motifs is 3. The number of ether oxygens (including phenoxy) is 1. The normalized spacial score (nSPS) is 13.0. The number of benzene rings is 2. The summed E-state index contributed by atoms with van der Waals surface area (Å²) in [5.41, 5.74) is 4.58. The lowest BCUT2D eigenvalue weighted by Crippen LogP contribution is -2.48. The highest BCUT2D eigenvalue weighted by Gasteiger charge is 2.30. The van der Waals surface area contributed by atoms with Crippen molar-refractivity contribution in [1.29, 1.82) is 0 Å². The predicted molar refractivity (Wildman–Crippen MR) is 126 cm³/mol. The van der Waals surface area contributed by atoms with Crippen LogP contribution in [0.25, 0.3) is 11.1 Å². The van der Waals surface area contributed by atoms with Crippen LogP contribution in [0.5, 0.6) is 0 Å². The second-order valence-corrected chi connectivity index (χ2v) is 8.20. The summed E-state index contributed by atoms with van der Waals surface area (Å²) in [5.74, 6) is -1.06. The molecule has 0 saturated heterocycles. The zero-order chi connectivity index (χ0) is 23.8. The predicted octanol–water partition coefficient (Wildman–Crippen LogP) is 4.41. The van der Waals surface area contributed by atoms with Gasteiger partial charge in [0, 0.05) is 25.4 Å². The van der Waals surface area contributed by atoms with Crippen molar-refractivity contribution in [3.63, 3.8) is 0 Å². The number of carboxylic acid groups (broad SMARTS) is 1. The molecule has 2 aromatic carbocycles. The lowest BCUT2D eigenvalue weighted by molar-refractivity contribution is -0.137. The second kappa shape index (κ2) is 11.5. The highest BCUT2D eigenvalue weighted by molar-refractivity contribution is 5.85. The molecule has 1 aliphatic rings. The molecule has 33 heavy (non-hydrogen) atoms. The maximum absolute atomic E-state index is 12.9. The standard InChI is InChI=1S/C26H32N2O5/c1-3-23(25(31)28(4-2)16-10-9-15-24(29)30)27-26(32)33-17-22-20-13-7-5-11-18(20)19-12-6-8-14-21(19)22/h5-8,11-14,22-23H,3-4,9-10,15-17H2,1-2H3,(H,27,32)(H,29,30)/t23-/m0/s1. The smallest absolute Gasteiger partial charge is 0.407 e. The Morgan fingerprint density at radius 3 is 2.15 bits per heavy atom. The van der Waals surface area contributed by atoms with Crippen LogP contribution in [-0.2, 0) is 14.3 Å². The van der Waals surface area contributed by atoms with Crippen LogP contribution in [-0.4, -0.2) is 53.7 Å². The molecule has 2 N–H and O–H groups in total. The highest BCUT2D eigenvalue weighted by Crippen LogP contribution is 2.44. The number of amides is 2. The summed E-state index contributed by atoms with van der Waals surface area (Å²) in [6.07, 6.45) is 1.03. The Balaban J connectivity index is 1.57.